The molecule has 0 aliphatic carbocycles. The molecular weight excluding hydrogens is 176 g/mol. The fourth-order valence-electron chi connectivity index (χ4n) is 0.942. The van der Waals surface area contributed by atoms with E-state index in [0.29, 0.717) is 6.54 Å². The van der Waals surface area contributed by atoms with Gasteiger partial charge in [0.1, 0.15) is 0 Å². The molecular formula is C11H22N2O. The van der Waals surface area contributed by atoms with Crippen LogP contribution in [0.4, 0.5) is 0 Å². The van der Waals surface area contributed by atoms with Crippen molar-refractivity contribution in [3.8, 4) is 6.07 Å². The minimum Gasteiger partial charge on any atom is -0.392 e. The Labute approximate surface area is 87.1 Å². The first kappa shape index (κ1) is 13.4. The molecule has 0 amide bonds. The lowest BCUT2D eigenvalue weighted by atomic mass is 9.91. The zero-order valence-corrected chi connectivity index (χ0v) is 9.67. The molecule has 0 saturated heterocycles. The highest BCUT2D eigenvalue weighted by atomic mass is 16.3. The van der Waals surface area contributed by atoms with Crippen LogP contribution in [-0.2, 0) is 0 Å². The first-order valence-corrected chi connectivity index (χ1v) is 5.19. The van der Waals surface area contributed by atoms with Gasteiger partial charge in [0.2, 0.25) is 0 Å². The van der Waals surface area contributed by atoms with Crippen molar-refractivity contribution in [3.63, 3.8) is 0 Å². The Balaban J connectivity index is 3.53. The summed E-state index contributed by atoms with van der Waals surface area (Å²) in [4.78, 5) is 0. The molecule has 0 aromatic heterocycles. The molecule has 0 radical (unpaired) electrons. The van der Waals surface area contributed by atoms with Crippen LogP contribution in [0.5, 0.6) is 0 Å². The van der Waals surface area contributed by atoms with Crippen LogP contribution in [0.25, 0.3) is 0 Å². The zero-order chi connectivity index (χ0) is 11.2. The quantitative estimate of drug-likeness (QED) is 0.636. The first-order chi connectivity index (χ1) is 6.39. The molecule has 0 fully saturated rings. The summed E-state index contributed by atoms with van der Waals surface area (Å²) >= 11 is 0. The van der Waals surface area contributed by atoms with Gasteiger partial charge in [0, 0.05) is 6.54 Å². The molecule has 3 heteroatoms. The Kier molecular flexibility index (Phi) is 5.75. The van der Waals surface area contributed by atoms with E-state index in [1.54, 1.807) is 0 Å². The predicted octanol–water partition coefficient (Wildman–Crippen LogP) is 1.53. The summed E-state index contributed by atoms with van der Waals surface area (Å²) in [6, 6.07) is 2.25. The third-order valence-electron chi connectivity index (χ3n) is 2.35. The maximum atomic E-state index is 9.49. The van der Waals surface area contributed by atoms with E-state index in [-0.39, 0.29) is 17.4 Å². The molecule has 0 rings (SSSR count). The highest BCUT2D eigenvalue weighted by Gasteiger charge is 2.16. The van der Waals surface area contributed by atoms with E-state index in [2.05, 4.69) is 11.4 Å². The molecule has 82 valence electrons. The number of nitrogens with zero attached hydrogens (tertiary/aromatic N) is 1. The van der Waals surface area contributed by atoms with Crippen molar-refractivity contribution in [2.45, 2.75) is 40.2 Å². The molecule has 0 aliphatic rings. The minimum absolute atomic E-state index is 0.268. The summed E-state index contributed by atoms with van der Waals surface area (Å²) in [6.07, 6.45) is 0.522. The average Bonchev–Trinajstić information content (AvgIpc) is 2.12. The van der Waals surface area contributed by atoms with Crippen molar-refractivity contribution in [2.75, 3.05) is 13.1 Å². The number of nitrogens with one attached hydrogen (secondary N) is 1. The van der Waals surface area contributed by atoms with E-state index in [1.807, 2.05) is 27.7 Å². The van der Waals surface area contributed by atoms with E-state index >= 15 is 0 Å². The van der Waals surface area contributed by atoms with Gasteiger partial charge in [-0.15, -0.1) is 0 Å². The smallest absolute Gasteiger partial charge is 0.0687 e. The van der Waals surface area contributed by atoms with Crippen molar-refractivity contribution in [1.82, 2.24) is 5.32 Å². The second-order valence-corrected chi connectivity index (χ2v) is 4.76. The molecule has 0 saturated carbocycles. The largest absolute Gasteiger partial charge is 0.392 e. The van der Waals surface area contributed by atoms with Crippen LogP contribution in [0.1, 0.15) is 34.1 Å². The second-order valence-electron chi connectivity index (χ2n) is 4.76. The van der Waals surface area contributed by atoms with Gasteiger partial charge < -0.3 is 10.4 Å². The van der Waals surface area contributed by atoms with Crippen LogP contribution in [0.2, 0.25) is 0 Å². The fraction of sp³-hybridized carbons (Fsp3) is 0.909. The molecule has 0 aliphatic heterocycles. The van der Waals surface area contributed by atoms with Crippen molar-refractivity contribution >= 4 is 0 Å². The topological polar surface area (TPSA) is 56.0 Å². The van der Waals surface area contributed by atoms with Crippen LogP contribution in [-0.4, -0.2) is 24.3 Å². The maximum Gasteiger partial charge on any atom is 0.0687 e. The number of rotatable bonds is 6. The van der Waals surface area contributed by atoms with Crippen LogP contribution in [0.3, 0.4) is 0 Å². The Morgan fingerprint density at radius 3 is 2.43 bits per heavy atom. The van der Waals surface area contributed by atoms with E-state index in [1.165, 1.54) is 0 Å². The number of aliphatic hydroxyl groups excluding tert-OH is 1. The Bertz CT molecular complexity index is 194. The van der Waals surface area contributed by atoms with Gasteiger partial charge in [0.15, 0.2) is 0 Å². The van der Waals surface area contributed by atoms with Crippen molar-refractivity contribution < 1.29 is 5.11 Å². The summed E-state index contributed by atoms with van der Waals surface area (Å²) in [5, 5.41) is 21.4. The van der Waals surface area contributed by atoms with E-state index in [4.69, 9.17) is 5.26 Å². The second kappa shape index (κ2) is 6.00. The highest BCUT2D eigenvalue weighted by molar-refractivity contribution is 4.91. The van der Waals surface area contributed by atoms with Crippen molar-refractivity contribution in [1.29, 1.82) is 5.26 Å². The van der Waals surface area contributed by atoms with E-state index < -0.39 is 0 Å². The SMILES string of the molecule is CC(C)C(O)CNCCC(C)(C)C#N. The van der Waals surface area contributed by atoms with Crippen molar-refractivity contribution in [3.05, 3.63) is 0 Å². The van der Waals surface area contributed by atoms with Gasteiger partial charge in [-0.25, -0.2) is 0 Å². The maximum absolute atomic E-state index is 9.49. The molecule has 1 unspecified atom stereocenters. The van der Waals surface area contributed by atoms with Gasteiger partial charge in [-0.05, 0) is 32.7 Å². The molecule has 0 aromatic rings. The van der Waals surface area contributed by atoms with Crippen LogP contribution >= 0.6 is 0 Å². The molecule has 0 aromatic carbocycles. The average molecular weight is 198 g/mol. The summed E-state index contributed by atoms with van der Waals surface area (Å²) < 4.78 is 0. The Morgan fingerprint density at radius 2 is 2.00 bits per heavy atom. The van der Waals surface area contributed by atoms with Gasteiger partial charge in [-0.3, -0.25) is 0 Å². The highest BCUT2D eigenvalue weighted by Crippen LogP contribution is 2.17. The van der Waals surface area contributed by atoms with E-state index in [0.717, 1.165) is 13.0 Å². The zero-order valence-electron chi connectivity index (χ0n) is 9.67. The number of hydrogen-bond acceptors (Lipinski definition) is 3. The monoisotopic (exact) mass is 198 g/mol. The third kappa shape index (κ3) is 5.95. The van der Waals surface area contributed by atoms with Gasteiger partial charge in [-0.1, -0.05) is 13.8 Å². The summed E-state index contributed by atoms with van der Waals surface area (Å²) in [7, 11) is 0. The minimum atomic E-state index is -0.291. The summed E-state index contributed by atoms with van der Waals surface area (Å²) in [5.74, 6) is 0.284. The Morgan fingerprint density at radius 1 is 1.43 bits per heavy atom. The summed E-state index contributed by atoms with van der Waals surface area (Å²) in [5.41, 5.74) is -0.268. The number of hydrogen-bond donors (Lipinski definition) is 2. The van der Waals surface area contributed by atoms with Gasteiger partial charge in [-0.2, -0.15) is 5.26 Å². The molecule has 0 bridgehead atoms. The first-order valence-electron chi connectivity index (χ1n) is 5.19. The predicted molar refractivity (Wildman–Crippen MR) is 57.7 cm³/mol. The van der Waals surface area contributed by atoms with Crippen LogP contribution in [0, 0.1) is 22.7 Å². The summed E-state index contributed by atoms with van der Waals surface area (Å²) in [6.45, 7) is 9.22. The Hall–Kier alpha value is -0.590. The third-order valence-corrected chi connectivity index (χ3v) is 2.35. The molecule has 2 N–H and O–H groups in total. The van der Waals surface area contributed by atoms with Crippen LogP contribution in [0.15, 0.2) is 0 Å². The number of aliphatic hydroxyl groups is 1. The van der Waals surface area contributed by atoms with Gasteiger partial charge in [0.05, 0.1) is 17.6 Å². The van der Waals surface area contributed by atoms with Gasteiger partial charge in [0.25, 0.3) is 0 Å². The van der Waals surface area contributed by atoms with Crippen LogP contribution < -0.4 is 5.32 Å². The standard InChI is InChI=1S/C11H22N2O/c1-9(2)10(14)7-13-6-5-11(3,4)8-12/h9-10,13-14H,5-7H2,1-4H3. The van der Waals surface area contributed by atoms with Crippen molar-refractivity contribution in [2.24, 2.45) is 11.3 Å². The molecule has 1 atom stereocenters. The molecule has 0 spiro atoms. The lowest BCUT2D eigenvalue weighted by molar-refractivity contribution is 0.123. The fourth-order valence-corrected chi connectivity index (χ4v) is 0.942. The molecule has 0 heterocycles. The number of nitriles is 1. The van der Waals surface area contributed by atoms with E-state index in [9.17, 15) is 5.11 Å². The molecule has 3 nitrogen and oxygen atoms in total. The lowest BCUT2D eigenvalue weighted by Crippen LogP contribution is -2.32. The lowest BCUT2D eigenvalue weighted by Gasteiger charge is -2.18. The molecule has 14 heavy (non-hydrogen) atoms. The van der Waals surface area contributed by atoms with Gasteiger partial charge >= 0.3 is 0 Å². The normalized spacial score (nSPS) is 14.1.